The van der Waals surface area contributed by atoms with Gasteiger partial charge < -0.3 is 8.85 Å². The molecular formula is C28H26Br2O2Si. The molecule has 0 aliphatic heterocycles. The van der Waals surface area contributed by atoms with E-state index in [1.807, 2.05) is 24.3 Å². The standard InChI is InChI=1S/C28H26Br2O2Si/c29-21-27(23-13-5-1-6-14-23)31-33(25-17-9-3-10-18-25,26-19-11-4-12-20-26)32-28(22-30)24-15-7-2-8-16-24/h1-20,27-28H,21-22H2. The number of halogens is 2. The Bertz CT molecular complexity index is 1000. The van der Waals surface area contributed by atoms with E-state index in [4.69, 9.17) is 8.85 Å². The van der Waals surface area contributed by atoms with E-state index in [-0.39, 0.29) is 12.2 Å². The Morgan fingerprint density at radius 1 is 0.485 bits per heavy atom. The SMILES string of the molecule is BrCC(O[Si](OC(CBr)c1ccccc1)(c1ccccc1)c1ccccc1)c1ccccc1. The van der Waals surface area contributed by atoms with E-state index in [2.05, 4.69) is 129 Å². The van der Waals surface area contributed by atoms with Gasteiger partial charge in [0, 0.05) is 10.7 Å². The third-order valence-corrected chi connectivity index (χ3v) is 10.1. The predicted octanol–water partition coefficient (Wildman–Crippen LogP) is 6.55. The van der Waals surface area contributed by atoms with Gasteiger partial charge in [0.2, 0.25) is 0 Å². The summed E-state index contributed by atoms with van der Waals surface area (Å²) in [5, 5.41) is 3.50. The zero-order valence-electron chi connectivity index (χ0n) is 18.2. The molecule has 4 aromatic carbocycles. The van der Waals surface area contributed by atoms with Crippen LogP contribution in [0.25, 0.3) is 0 Å². The fourth-order valence-corrected chi connectivity index (χ4v) is 8.83. The second-order valence-corrected chi connectivity index (χ2v) is 11.8. The molecule has 2 atom stereocenters. The third-order valence-electron chi connectivity index (χ3n) is 5.55. The Kier molecular flexibility index (Phi) is 8.70. The lowest BCUT2D eigenvalue weighted by Gasteiger charge is -2.37. The maximum atomic E-state index is 7.15. The van der Waals surface area contributed by atoms with Gasteiger partial charge in [-0.1, -0.05) is 153 Å². The van der Waals surface area contributed by atoms with Gasteiger partial charge in [-0.25, -0.2) is 0 Å². The van der Waals surface area contributed by atoms with Gasteiger partial charge in [0.15, 0.2) is 0 Å². The molecule has 0 bridgehead atoms. The lowest BCUT2D eigenvalue weighted by Crippen LogP contribution is -2.64. The van der Waals surface area contributed by atoms with Crippen molar-refractivity contribution in [3.63, 3.8) is 0 Å². The maximum Gasteiger partial charge on any atom is 0.408 e. The van der Waals surface area contributed by atoms with Crippen LogP contribution in [0.15, 0.2) is 121 Å². The topological polar surface area (TPSA) is 18.5 Å². The largest absolute Gasteiger partial charge is 0.408 e. The Hall–Kier alpha value is -2.02. The first-order chi connectivity index (χ1) is 16.3. The van der Waals surface area contributed by atoms with Crippen molar-refractivity contribution < 1.29 is 8.85 Å². The zero-order valence-corrected chi connectivity index (χ0v) is 22.4. The summed E-state index contributed by atoms with van der Waals surface area (Å²) in [6.07, 6.45) is -0.324. The van der Waals surface area contributed by atoms with E-state index in [0.717, 1.165) is 21.5 Å². The minimum Gasteiger partial charge on any atom is -0.379 e. The van der Waals surface area contributed by atoms with Gasteiger partial charge in [-0.2, -0.15) is 0 Å². The highest BCUT2D eigenvalue weighted by atomic mass is 79.9. The second kappa shape index (κ2) is 11.9. The smallest absolute Gasteiger partial charge is 0.379 e. The maximum absolute atomic E-state index is 7.15. The minimum atomic E-state index is -3.14. The summed E-state index contributed by atoms with van der Waals surface area (Å²) in [4.78, 5) is 0. The number of benzene rings is 4. The van der Waals surface area contributed by atoms with Gasteiger partial charge in [0.1, 0.15) is 0 Å². The average Bonchev–Trinajstić information content (AvgIpc) is 2.91. The first-order valence-corrected chi connectivity index (χ1v) is 15.0. The van der Waals surface area contributed by atoms with Crippen molar-refractivity contribution in [2.45, 2.75) is 12.2 Å². The molecule has 0 heterocycles. The molecule has 0 aromatic heterocycles. The van der Waals surface area contributed by atoms with E-state index in [0.29, 0.717) is 10.7 Å². The summed E-state index contributed by atoms with van der Waals surface area (Å²) < 4.78 is 14.3. The summed E-state index contributed by atoms with van der Waals surface area (Å²) in [7, 11) is -3.14. The molecule has 0 radical (unpaired) electrons. The van der Waals surface area contributed by atoms with E-state index >= 15 is 0 Å². The summed E-state index contributed by atoms with van der Waals surface area (Å²) in [6.45, 7) is 0. The van der Waals surface area contributed by atoms with Crippen LogP contribution in [-0.4, -0.2) is 19.2 Å². The van der Waals surface area contributed by atoms with Gasteiger partial charge >= 0.3 is 8.56 Å². The van der Waals surface area contributed by atoms with Crippen LogP contribution >= 0.6 is 31.9 Å². The van der Waals surface area contributed by atoms with Crippen LogP contribution < -0.4 is 10.4 Å². The first-order valence-electron chi connectivity index (χ1n) is 11.0. The molecule has 2 unspecified atom stereocenters. The molecule has 2 nitrogen and oxygen atoms in total. The lowest BCUT2D eigenvalue weighted by molar-refractivity contribution is 0.115. The Labute approximate surface area is 214 Å². The third kappa shape index (κ3) is 5.73. The quantitative estimate of drug-likeness (QED) is 0.156. The first kappa shape index (κ1) is 24.1. The van der Waals surface area contributed by atoms with Crippen LogP contribution in [0.5, 0.6) is 0 Å². The highest BCUT2D eigenvalue weighted by Crippen LogP contribution is 2.30. The molecule has 0 N–H and O–H groups in total. The van der Waals surface area contributed by atoms with Gasteiger partial charge in [-0.05, 0) is 21.5 Å². The lowest BCUT2D eigenvalue weighted by atomic mass is 10.1. The van der Waals surface area contributed by atoms with E-state index in [1.165, 1.54) is 0 Å². The van der Waals surface area contributed by atoms with Crippen molar-refractivity contribution in [2.24, 2.45) is 0 Å². The summed E-state index contributed by atoms with van der Waals surface area (Å²) in [5.41, 5.74) is 2.24. The van der Waals surface area contributed by atoms with E-state index < -0.39 is 8.56 Å². The number of hydrogen-bond acceptors (Lipinski definition) is 2. The fraction of sp³-hybridized carbons (Fsp3) is 0.143. The monoisotopic (exact) mass is 580 g/mol. The zero-order chi connectivity index (χ0) is 22.9. The molecule has 168 valence electrons. The van der Waals surface area contributed by atoms with Gasteiger partial charge in [-0.3, -0.25) is 0 Å². The molecule has 5 heteroatoms. The van der Waals surface area contributed by atoms with Gasteiger partial charge in [0.25, 0.3) is 0 Å². The van der Waals surface area contributed by atoms with Crippen LogP contribution in [0.1, 0.15) is 23.3 Å². The Morgan fingerprint density at radius 3 is 1.09 bits per heavy atom. The number of alkyl halides is 2. The normalized spacial score (nSPS) is 13.4. The van der Waals surface area contributed by atoms with Crippen LogP contribution in [0.4, 0.5) is 0 Å². The molecular weight excluding hydrogens is 556 g/mol. The fourth-order valence-electron chi connectivity index (χ4n) is 3.90. The van der Waals surface area contributed by atoms with Crippen LogP contribution in [-0.2, 0) is 8.85 Å². The summed E-state index contributed by atoms with van der Waals surface area (Å²) in [5.74, 6) is 0. The van der Waals surface area contributed by atoms with Crippen molar-refractivity contribution in [1.82, 2.24) is 0 Å². The molecule has 33 heavy (non-hydrogen) atoms. The van der Waals surface area contributed by atoms with E-state index in [9.17, 15) is 0 Å². The molecule has 0 saturated carbocycles. The molecule has 0 saturated heterocycles. The second-order valence-electron chi connectivity index (χ2n) is 7.69. The highest BCUT2D eigenvalue weighted by molar-refractivity contribution is 9.09. The van der Waals surface area contributed by atoms with Crippen molar-refractivity contribution in [1.29, 1.82) is 0 Å². The van der Waals surface area contributed by atoms with Crippen molar-refractivity contribution in [2.75, 3.05) is 10.7 Å². The van der Waals surface area contributed by atoms with Crippen LogP contribution in [0, 0.1) is 0 Å². The predicted molar refractivity (Wildman–Crippen MR) is 146 cm³/mol. The van der Waals surface area contributed by atoms with Crippen molar-refractivity contribution in [3.05, 3.63) is 132 Å². The summed E-state index contributed by atoms with van der Waals surface area (Å²) in [6, 6.07) is 41.5. The molecule has 4 aromatic rings. The molecule has 4 rings (SSSR count). The van der Waals surface area contributed by atoms with Crippen LogP contribution in [0.2, 0.25) is 0 Å². The van der Waals surface area contributed by atoms with E-state index in [1.54, 1.807) is 0 Å². The Morgan fingerprint density at radius 2 is 0.788 bits per heavy atom. The average molecular weight is 582 g/mol. The van der Waals surface area contributed by atoms with Gasteiger partial charge in [-0.15, -0.1) is 0 Å². The molecule has 0 aliphatic carbocycles. The molecule has 0 amide bonds. The minimum absolute atomic E-state index is 0.162. The molecule has 0 fully saturated rings. The number of hydrogen-bond donors (Lipinski definition) is 0. The number of rotatable bonds is 10. The Balaban J connectivity index is 1.87. The molecule has 0 aliphatic rings. The van der Waals surface area contributed by atoms with Gasteiger partial charge in [0.05, 0.1) is 12.2 Å². The van der Waals surface area contributed by atoms with Crippen LogP contribution in [0.3, 0.4) is 0 Å². The highest BCUT2D eigenvalue weighted by Gasteiger charge is 2.46. The molecule has 0 spiro atoms. The summed E-state index contributed by atoms with van der Waals surface area (Å²) >= 11 is 7.42. The van der Waals surface area contributed by atoms with Crippen molar-refractivity contribution in [3.8, 4) is 0 Å². The van der Waals surface area contributed by atoms with Crippen molar-refractivity contribution >= 4 is 50.8 Å².